The molecule has 0 aliphatic carbocycles. The predicted octanol–water partition coefficient (Wildman–Crippen LogP) is 2.97. The number of H-pyrrole nitrogens is 1. The maximum Gasteiger partial charge on any atom is 0.193 e. The maximum atomic E-state index is 12.4. The fraction of sp³-hybridized carbons (Fsp3) is 0.357. The molecular weight excluding hydrogens is 214 g/mol. The fourth-order valence-electron chi connectivity index (χ4n) is 2.28. The van der Waals surface area contributed by atoms with Gasteiger partial charge in [0.2, 0.25) is 0 Å². The predicted molar refractivity (Wildman–Crippen MR) is 69.9 cm³/mol. The minimum Gasteiger partial charge on any atom is -0.495 e. The Morgan fingerprint density at radius 3 is 2.59 bits per heavy atom. The monoisotopic (exact) mass is 231 g/mol. The highest BCUT2D eigenvalue weighted by Crippen LogP contribution is 2.24. The van der Waals surface area contributed by atoms with Gasteiger partial charge in [0.25, 0.3) is 0 Å². The Hall–Kier alpha value is -1.77. The number of benzene rings is 1. The highest BCUT2D eigenvalue weighted by atomic mass is 16.5. The molecule has 2 rings (SSSR count). The molecule has 0 spiro atoms. The van der Waals surface area contributed by atoms with Crippen LogP contribution in [-0.2, 0) is 0 Å². The number of methoxy groups -OCH3 is 1. The van der Waals surface area contributed by atoms with Crippen molar-refractivity contribution in [3.63, 3.8) is 0 Å². The van der Waals surface area contributed by atoms with Crippen molar-refractivity contribution in [2.75, 3.05) is 7.11 Å². The number of para-hydroxylation sites is 1. The molecule has 0 amide bonds. The van der Waals surface area contributed by atoms with Crippen LogP contribution in [0.5, 0.6) is 5.75 Å². The highest BCUT2D eigenvalue weighted by molar-refractivity contribution is 5.85. The number of rotatable bonds is 2. The second-order valence-corrected chi connectivity index (χ2v) is 4.53. The largest absolute Gasteiger partial charge is 0.495 e. The minimum atomic E-state index is 0.102. The summed E-state index contributed by atoms with van der Waals surface area (Å²) in [5.74, 6) is 0.923. The van der Waals surface area contributed by atoms with Crippen LogP contribution in [0.25, 0.3) is 10.9 Å². The third-order valence-electron chi connectivity index (χ3n) is 3.03. The van der Waals surface area contributed by atoms with E-state index < -0.39 is 0 Å². The molecule has 0 bridgehead atoms. The maximum absolute atomic E-state index is 12.4. The number of fused-ring (bicyclic) bond motifs is 1. The zero-order valence-corrected chi connectivity index (χ0v) is 10.6. The summed E-state index contributed by atoms with van der Waals surface area (Å²) in [6.45, 7) is 6.00. The van der Waals surface area contributed by atoms with E-state index in [1.807, 2.05) is 39.0 Å². The molecule has 1 aromatic heterocycles. The third-order valence-corrected chi connectivity index (χ3v) is 3.03. The van der Waals surface area contributed by atoms with E-state index in [1.54, 1.807) is 7.11 Å². The lowest BCUT2D eigenvalue weighted by molar-refractivity contribution is 0.419. The molecule has 0 radical (unpaired) electrons. The third kappa shape index (κ3) is 1.82. The van der Waals surface area contributed by atoms with Crippen molar-refractivity contribution in [2.24, 2.45) is 0 Å². The van der Waals surface area contributed by atoms with Gasteiger partial charge >= 0.3 is 0 Å². The molecule has 90 valence electrons. The summed E-state index contributed by atoms with van der Waals surface area (Å²) in [6, 6.07) is 5.53. The van der Waals surface area contributed by atoms with Gasteiger partial charge in [-0.2, -0.15) is 0 Å². The van der Waals surface area contributed by atoms with Gasteiger partial charge in [-0.15, -0.1) is 0 Å². The van der Waals surface area contributed by atoms with Gasteiger partial charge in [-0.05, 0) is 25.0 Å². The molecule has 0 aliphatic rings. The number of ether oxygens (including phenoxy) is 1. The summed E-state index contributed by atoms with van der Waals surface area (Å²) in [5, 5.41) is 0.693. The normalized spacial score (nSPS) is 11.1. The van der Waals surface area contributed by atoms with E-state index in [4.69, 9.17) is 4.74 Å². The lowest BCUT2D eigenvalue weighted by Gasteiger charge is -2.12. The van der Waals surface area contributed by atoms with Crippen LogP contribution in [0.2, 0.25) is 0 Å². The van der Waals surface area contributed by atoms with E-state index in [1.165, 1.54) is 0 Å². The second-order valence-electron chi connectivity index (χ2n) is 4.53. The van der Waals surface area contributed by atoms with E-state index >= 15 is 0 Å². The van der Waals surface area contributed by atoms with Crippen LogP contribution < -0.4 is 10.2 Å². The number of hydrogen-bond donors (Lipinski definition) is 1. The first-order valence-electron chi connectivity index (χ1n) is 5.75. The highest BCUT2D eigenvalue weighted by Gasteiger charge is 2.14. The van der Waals surface area contributed by atoms with Crippen LogP contribution in [0, 0.1) is 6.92 Å². The molecule has 1 heterocycles. The summed E-state index contributed by atoms with van der Waals surface area (Å²) in [4.78, 5) is 15.7. The Balaban J connectivity index is 2.91. The first-order chi connectivity index (χ1) is 8.06. The number of pyridine rings is 1. The molecule has 0 aliphatic heterocycles. The van der Waals surface area contributed by atoms with Crippen molar-refractivity contribution in [3.8, 4) is 5.75 Å². The molecule has 0 saturated carbocycles. The lowest BCUT2D eigenvalue weighted by Crippen LogP contribution is -2.14. The molecule has 0 unspecified atom stereocenters. The molecule has 3 heteroatoms. The number of nitrogens with one attached hydrogen (secondary N) is 1. The second kappa shape index (κ2) is 4.24. The number of aryl methyl sites for hydroxylation is 1. The van der Waals surface area contributed by atoms with Crippen LogP contribution >= 0.6 is 0 Å². The van der Waals surface area contributed by atoms with Crippen molar-refractivity contribution in [1.29, 1.82) is 0 Å². The molecule has 0 saturated heterocycles. The van der Waals surface area contributed by atoms with Crippen molar-refractivity contribution in [2.45, 2.75) is 26.7 Å². The van der Waals surface area contributed by atoms with Crippen LogP contribution in [0.15, 0.2) is 23.0 Å². The summed E-state index contributed by atoms with van der Waals surface area (Å²) in [5.41, 5.74) is 2.65. The minimum absolute atomic E-state index is 0.102. The molecule has 3 nitrogen and oxygen atoms in total. The SMILES string of the molecule is COc1cccc2c(=O)c(C(C)C)c(C)[nH]c12. The molecule has 0 fully saturated rings. The first-order valence-corrected chi connectivity index (χ1v) is 5.75. The first kappa shape index (κ1) is 11.7. The zero-order valence-electron chi connectivity index (χ0n) is 10.6. The van der Waals surface area contributed by atoms with Gasteiger partial charge < -0.3 is 9.72 Å². The van der Waals surface area contributed by atoms with Gasteiger partial charge in [0.15, 0.2) is 5.43 Å². The van der Waals surface area contributed by atoms with Crippen molar-refractivity contribution in [3.05, 3.63) is 39.7 Å². The smallest absolute Gasteiger partial charge is 0.193 e. The zero-order chi connectivity index (χ0) is 12.6. The quantitative estimate of drug-likeness (QED) is 0.863. The lowest BCUT2D eigenvalue weighted by atomic mass is 9.99. The van der Waals surface area contributed by atoms with Gasteiger partial charge in [0, 0.05) is 16.6 Å². The summed E-state index contributed by atoms with van der Waals surface area (Å²) >= 11 is 0. The Morgan fingerprint density at radius 1 is 1.29 bits per heavy atom. The molecule has 1 aromatic carbocycles. The Kier molecular flexibility index (Phi) is 2.92. The summed E-state index contributed by atoms with van der Waals surface area (Å²) in [6.07, 6.45) is 0. The van der Waals surface area contributed by atoms with Gasteiger partial charge in [-0.1, -0.05) is 19.9 Å². The number of aromatic nitrogens is 1. The number of hydrogen-bond acceptors (Lipinski definition) is 2. The van der Waals surface area contributed by atoms with E-state index in [0.717, 1.165) is 16.8 Å². The van der Waals surface area contributed by atoms with E-state index in [0.29, 0.717) is 11.1 Å². The van der Waals surface area contributed by atoms with Crippen molar-refractivity contribution >= 4 is 10.9 Å². The van der Waals surface area contributed by atoms with E-state index in [-0.39, 0.29) is 11.3 Å². The average Bonchev–Trinajstić information content (AvgIpc) is 2.28. The Labute approximate surface area is 100 Å². The molecular formula is C14H17NO2. The molecule has 17 heavy (non-hydrogen) atoms. The number of aromatic amines is 1. The summed E-state index contributed by atoms with van der Waals surface area (Å²) in [7, 11) is 1.61. The van der Waals surface area contributed by atoms with Crippen LogP contribution in [0.4, 0.5) is 0 Å². The van der Waals surface area contributed by atoms with Crippen LogP contribution in [-0.4, -0.2) is 12.1 Å². The van der Waals surface area contributed by atoms with Crippen molar-refractivity contribution in [1.82, 2.24) is 4.98 Å². The standard InChI is InChI=1S/C14H17NO2/c1-8(2)12-9(3)15-13-10(14(12)16)6-5-7-11(13)17-4/h5-8H,1-4H3,(H,15,16). The van der Waals surface area contributed by atoms with Crippen LogP contribution in [0.3, 0.4) is 0 Å². The van der Waals surface area contributed by atoms with Crippen LogP contribution in [0.1, 0.15) is 31.0 Å². The fourth-order valence-corrected chi connectivity index (χ4v) is 2.28. The van der Waals surface area contributed by atoms with Gasteiger partial charge in [-0.25, -0.2) is 0 Å². The average molecular weight is 231 g/mol. The van der Waals surface area contributed by atoms with E-state index in [9.17, 15) is 4.79 Å². The van der Waals surface area contributed by atoms with Gasteiger partial charge in [-0.3, -0.25) is 4.79 Å². The molecule has 0 atom stereocenters. The van der Waals surface area contributed by atoms with E-state index in [2.05, 4.69) is 4.98 Å². The topological polar surface area (TPSA) is 42.1 Å². The summed E-state index contributed by atoms with van der Waals surface area (Å²) < 4.78 is 5.27. The molecule has 2 aromatic rings. The Bertz CT molecular complexity index is 611. The molecule has 1 N–H and O–H groups in total. The Morgan fingerprint density at radius 2 is 2.00 bits per heavy atom. The van der Waals surface area contributed by atoms with Crippen molar-refractivity contribution < 1.29 is 4.74 Å². The van der Waals surface area contributed by atoms with Gasteiger partial charge in [0.05, 0.1) is 12.6 Å². The van der Waals surface area contributed by atoms with Gasteiger partial charge in [0.1, 0.15) is 5.75 Å².